The third-order valence-electron chi connectivity index (χ3n) is 5.68. The van der Waals surface area contributed by atoms with Crippen LogP contribution in [0.5, 0.6) is 0 Å². The number of hydrogen-bond acceptors (Lipinski definition) is 9. The van der Waals surface area contributed by atoms with Gasteiger partial charge in [-0.3, -0.25) is 20.3 Å². The topological polar surface area (TPSA) is 243 Å². The van der Waals surface area contributed by atoms with Crippen molar-refractivity contribution in [1.82, 2.24) is 31.5 Å². The van der Waals surface area contributed by atoms with Crippen LogP contribution in [0.3, 0.4) is 0 Å². The number of carboxylic acid groups (broad SMARTS) is 2. The first-order valence-electron chi connectivity index (χ1n) is 14.1. The van der Waals surface area contributed by atoms with Gasteiger partial charge in [0.15, 0.2) is 0 Å². The fraction of sp³-hybridized carbons (Fsp3) is 0.769. The molecule has 42 heavy (non-hydrogen) atoms. The zero-order chi connectivity index (χ0) is 32.1. The van der Waals surface area contributed by atoms with Crippen molar-refractivity contribution in [2.24, 2.45) is 0 Å². The number of nitrogens with one attached hydrogen (secondary N) is 6. The summed E-state index contributed by atoms with van der Waals surface area (Å²) in [5, 5.41) is 47.5. The lowest BCUT2D eigenvalue weighted by atomic mass is 10.1. The van der Waals surface area contributed by atoms with E-state index in [1.807, 2.05) is 5.32 Å². The fourth-order valence-corrected chi connectivity index (χ4v) is 3.59. The van der Waals surface area contributed by atoms with Crippen molar-refractivity contribution in [2.75, 3.05) is 32.8 Å². The van der Waals surface area contributed by atoms with Crippen LogP contribution in [0.2, 0.25) is 0 Å². The van der Waals surface area contributed by atoms with Crippen molar-refractivity contribution < 1.29 is 44.0 Å². The van der Waals surface area contributed by atoms with Gasteiger partial charge in [-0.15, -0.1) is 0 Å². The SMILES string of the molecule is C[C@H](CCNCCCCNC(=O)[C@H](CO)NC(=O)CCCCCCN(C(=N)NC(=O)O)C(=O)OC(C)(C)C)NC(=O)O. The summed E-state index contributed by atoms with van der Waals surface area (Å²) in [5.41, 5.74) is -0.823. The van der Waals surface area contributed by atoms with Crippen LogP contribution in [-0.4, -0.2) is 107 Å². The Balaban J connectivity index is 4.22. The fourth-order valence-electron chi connectivity index (χ4n) is 3.59. The van der Waals surface area contributed by atoms with Gasteiger partial charge in [-0.2, -0.15) is 0 Å². The van der Waals surface area contributed by atoms with Gasteiger partial charge in [0, 0.05) is 25.6 Å². The standard InChI is InChI=1S/C26H49N7O9/c1-18(30-23(37)38)12-15-28-13-8-9-14-29-21(36)19(17-34)31-20(35)11-7-5-6-10-16-33(22(27)32-24(39)40)25(41)42-26(2,3)4/h18-19,28,30,34H,5-17H2,1-4H3,(H2,27,32)(H,29,36)(H,31,35)(H,37,38)(H,39,40)/t18-,19+/m1/s1. The highest BCUT2D eigenvalue weighted by Gasteiger charge is 2.26. The zero-order valence-electron chi connectivity index (χ0n) is 25.1. The molecule has 0 saturated carbocycles. The second-order valence-corrected chi connectivity index (χ2v) is 10.8. The van der Waals surface area contributed by atoms with E-state index in [2.05, 4.69) is 21.3 Å². The van der Waals surface area contributed by atoms with Crippen molar-refractivity contribution >= 4 is 36.1 Å². The number of amides is 5. The first-order chi connectivity index (χ1) is 19.7. The zero-order valence-corrected chi connectivity index (χ0v) is 25.1. The van der Waals surface area contributed by atoms with Crippen molar-refractivity contribution in [3.63, 3.8) is 0 Å². The molecular formula is C26H49N7O9. The number of aliphatic hydroxyl groups excluding tert-OH is 1. The molecule has 9 N–H and O–H groups in total. The van der Waals surface area contributed by atoms with Crippen molar-refractivity contribution in [3.8, 4) is 0 Å². The highest BCUT2D eigenvalue weighted by atomic mass is 16.6. The summed E-state index contributed by atoms with van der Waals surface area (Å²) in [4.78, 5) is 59.2. The van der Waals surface area contributed by atoms with Crippen LogP contribution in [0, 0.1) is 5.41 Å². The monoisotopic (exact) mass is 603 g/mol. The molecule has 5 amide bonds. The van der Waals surface area contributed by atoms with E-state index in [0.717, 1.165) is 11.3 Å². The predicted molar refractivity (Wildman–Crippen MR) is 154 cm³/mol. The summed E-state index contributed by atoms with van der Waals surface area (Å²) in [6.07, 6.45) is 0.996. The molecule has 0 aliphatic heterocycles. The molecule has 2 atom stereocenters. The predicted octanol–water partition coefficient (Wildman–Crippen LogP) is 1.39. The molecule has 0 aromatic rings. The molecule has 0 saturated heterocycles. The summed E-state index contributed by atoms with van der Waals surface area (Å²) >= 11 is 0. The van der Waals surface area contributed by atoms with E-state index in [1.165, 1.54) is 0 Å². The van der Waals surface area contributed by atoms with E-state index >= 15 is 0 Å². The maximum Gasteiger partial charge on any atom is 0.417 e. The molecule has 0 heterocycles. The molecule has 0 spiro atoms. The molecule has 0 aromatic carbocycles. The maximum atomic E-state index is 12.4. The highest BCUT2D eigenvalue weighted by molar-refractivity contribution is 5.99. The molecule has 0 rings (SSSR count). The molecule has 16 nitrogen and oxygen atoms in total. The van der Waals surface area contributed by atoms with Gasteiger partial charge in [0.2, 0.25) is 17.8 Å². The lowest BCUT2D eigenvalue weighted by Crippen LogP contribution is -2.49. The molecule has 0 fully saturated rings. The molecule has 0 aliphatic rings. The van der Waals surface area contributed by atoms with Crippen molar-refractivity contribution in [2.45, 2.75) is 96.7 Å². The number of guanidine groups is 1. The summed E-state index contributed by atoms with van der Waals surface area (Å²) in [7, 11) is 0. The Bertz CT molecular complexity index is 881. The van der Waals surface area contributed by atoms with E-state index in [0.29, 0.717) is 58.2 Å². The van der Waals surface area contributed by atoms with E-state index in [1.54, 1.807) is 27.7 Å². The highest BCUT2D eigenvalue weighted by Crippen LogP contribution is 2.12. The summed E-state index contributed by atoms with van der Waals surface area (Å²) in [6.45, 7) is 8.00. The Hall–Kier alpha value is -3.66. The Kier molecular flexibility index (Phi) is 19.3. The van der Waals surface area contributed by atoms with Gasteiger partial charge in [0.05, 0.1) is 6.61 Å². The summed E-state index contributed by atoms with van der Waals surface area (Å²) < 4.78 is 5.23. The van der Waals surface area contributed by atoms with Crippen LogP contribution >= 0.6 is 0 Å². The molecule has 242 valence electrons. The second kappa shape index (κ2) is 21.1. The van der Waals surface area contributed by atoms with E-state index < -0.39 is 48.4 Å². The minimum atomic E-state index is -1.47. The van der Waals surface area contributed by atoms with Crippen LogP contribution in [-0.2, 0) is 14.3 Å². The van der Waals surface area contributed by atoms with Gasteiger partial charge < -0.3 is 41.3 Å². The first-order valence-corrected chi connectivity index (χ1v) is 14.1. The third-order valence-corrected chi connectivity index (χ3v) is 5.68. The molecule has 0 aliphatic carbocycles. The second-order valence-electron chi connectivity index (χ2n) is 10.8. The Morgan fingerprint density at radius 1 is 0.881 bits per heavy atom. The molecule has 16 heteroatoms. The molecule has 0 radical (unpaired) electrons. The Morgan fingerprint density at radius 3 is 2.12 bits per heavy atom. The van der Waals surface area contributed by atoms with Gasteiger partial charge in [-0.05, 0) is 72.9 Å². The average Bonchev–Trinajstić information content (AvgIpc) is 2.86. The molecular weight excluding hydrogens is 554 g/mol. The Morgan fingerprint density at radius 2 is 1.52 bits per heavy atom. The molecule has 0 aromatic heterocycles. The quantitative estimate of drug-likeness (QED) is 0.0583. The van der Waals surface area contributed by atoms with Crippen LogP contribution < -0.4 is 26.6 Å². The van der Waals surface area contributed by atoms with Gasteiger partial charge in [0.1, 0.15) is 11.6 Å². The lowest BCUT2D eigenvalue weighted by Gasteiger charge is -2.27. The number of aliphatic hydroxyl groups is 1. The van der Waals surface area contributed by atoms with Gasteiger partial charge >= 0.3 is 18.3 Å². The average molecular weight is 604 g/mol. The van der Waals surface area contributed by atoms with Crippen LogP contribution in [0.4, 0.5) is 14.4 Å². The number of nitrogens with zero attached hydrogens (tertiary/aromatic N) is 1. The van der Waals surface area contributed by atoms with E-state index in [4.69, 9.17) is 20.4 Å². The first kappa shape index (κ1) is 38.3. The van der Waals surface area contributed by atoms with E-state index in [-0.39, 0.29) is 24.9 Å². The van der Waals surface area contributed by atoms with Crippen LogP contribution in [0.15, 0.2) is 0 Å². The van der Waals surface area contributed by atoms with Gasteiger partial charge in [-0.25, -0.2) is 19.3 Å². The number of unbranched alkanes of at least 4 members (excludes halogenated alkanes) is 4. The largest absolute Gasteiger partial charge is 0.465 e. The number of hydrogen-bond donors (Lipinski definition) is 9. The summed E-state index contributed by atoms with van der Waals surface area (Å²) in [5.74, 6) is -1.48. The number of carbonyl (C=O) groups excluding carboxylic acids is 3. The minimum Gasteiger partial charge on any atom is -0.465 e. The number of ether oxygens (including phenoxy) is 1. The molecule has 0 unspecified atom stereocenters. The number of carbonyl (C=O) groups is 5. The summed E-state index contributed by atoms with van der Waals surface area (Å²) in [6, 6.07) is -1.21. The lowest BCUT2D eigenvalue weighted by molar-refractivity contribution is -0.130. The van der Waals surface area contributed by atoms with Crippen LogP contribution in [0.25, 0.3) is 0 Å². The smallest absolute Gasteiger partial charge is 0.417 e. The maximum absolute atomic E-state index is 12.4. The van der Waals surface area contributed by atoms with Crippen molar-refractivity contribution in [1.29, 1.82) is 5.41 Å². The molecule has 0 bridgehead atoms. The third kappa shape index (κ3) is 20.3. The normalized spacial score (nSPS) is 12.4. The van der Waals surface area contributed by atoms with Gasteiger partial charge in [-0.1, -0.05) is 12.8 Å². The van der Waals surface area contributed by atoms with Crippen molar-refractivity contribution in [3.05, 3.63) is 0 Å². The van der Waals surface area contributed by atoms with E-state index in [9.17, 15) is 29.1 Å². The minimum absolute atomic E-state index is 0.0481. The number of rotatable bonds is 19. The Labute approximate surface area is 246 Å². The van der Waals surface area contributed by atoms with Crippen LogP contribution in [0.1, 0.15) is 79.1 Å². The van der Waals surface area contributed by atoms with Gasteiger partial charge in [0.25, 0.3) is 0 Å².